The molecule has 0 unspecified atom stereocenters. The molecule has 0 bridgehead atoms. The van der Waals surface area contributed by atoms with Crippen LogP contribution < -0.4 is 5.19 Å². The van der Waals surface area contributed by atoms with Crippen molar-refractivity contribution in [3.8, 4) is 0 Å². The van der Waals surface area contributed by atoms with Crippen LogP contribution in [0.15, 0.2) is 30.3 Å². The summed E-state index contributed by atoms with van der Waals surface area (Å²) in [7, 11) is -2.88. The lowest BCUT2D eigenvalue weighted by molar-refractivity contribution is 0.0688. The number of hydrogen-bond acceptors (Lipinski definition) is 3. The molecule has 0 radical (unpaired) electrons. The number of benzene rings is 1. The Balaban J connectivity index is 2.71. The topological polar surface area (TPSA) is 27.7 Å². The van der Waals surface area contributed by atoms with Crippen molar-refractivity contribution >= 4 is 14.0 Å². The van der Waals surface area contributed by atoms with E-state index in [0.717, 1.165) is 44.3 Å². The summed E-state index contributed by atoms with van der Waals surface area (Å²) >= 11 is 0. The van der Waals surface area contributed by atoms with Crippen molar-refractivity contribution in [3.63, 3.8) is 0 Å². The van der Waals surface area contributed by atoms with E-state index < -0.39 is 8.80 Å². The predicted octanol–water partition coefficient (Wildman–Crippen LogP) is 7.79. The lowest BCUT2D eigenvalue weighted by atomic mass is 10.2. The van der Waals surface area contributed by atoms with Crippen molar-refractivity contribution in [3.05, 3.63) is 30.3 Å². The van der Waals surface area contributed by atoms with E-state index in [1.165, 1.54) is 77.0 Å². The second kappa shape index (κ2) is 20.0. The van der Waals surface area contributed by atoms with Crippen molar-refractivity contribution in [1.29, 1.82) is 0 Å². The minimum Gasteiger partial charge on any atom is -0.370 e. The maximum atomic E-state index is 6.55. The van der Waals surface area contributed by atoms with Crippen LogP contribution in [0.1, 0.15) is 117 Å². The predicted molar refractivity (Wildman–Crippen MR) is 136 cm³/mol. The minimum atomic E-state index is -2.88. The smallest absolute Gasteiger partial charge is 0.370 e. The average molecular weight is 451 g/mol. The molecular formula is C27H50O3Si. The van der Waals surface area contributed by atoms with Gasteiger partial charge in [0, 0.05) is 25.0 Å². The Labute approximate surface area is 194 Å². The highest BCUT2D eigenvalue weighted by Crippen LogP contribution is 2.16. The highest BCUT2D eigenvalue weighted by atomic mass is 28.4. The normalized spacial score (nSPS) is 11.8. The second-order valence-corrected chi connectivity index (χ2v) is 11.3. The van der Waals surface area contributed by atoms with Crippen LogP contribution in [0.3, 0.4) is 0 Å². The quantitative estimate of drug-likeness (QED) is 0.133. The Morgan fingerprint density at radius 1 is 0.484 bits per heavy atom. The molecule has 0 amide bonds. The zero-order chi connectivity index (χ0) is 22.5. The zero-order valence-electron chi connectivity index (χ0n) is 20.8. The highest BCUT2D eigenvalue weighted by Gasteiger charge is 2.43. The van der Waals surface area contributed by atoms with Gasteiger partial charge in [-0.1, -0.05) is 128 Å². The van der Waals surface area contributed by atoms with Gasteiger partial charge in [-0.3, -0.25) is 0 Å². The molecule has 0 saturated carbocycles. The molecule has 1 aromatic rings. The monoisotopic (exact) mass is 450 g/mol. The number of rotatable bonds is 22. The first-order chi connectivity index (χ1) is 15.3. The summed E-state index contributed by atoms with van der Waals surface area (Å²) in [5.41, 5.74) is 0. The summed E-state index contributed by atoms with van der Waals surface area (Å²) < 4.78 is 19.6. The lowest BCUT2D eigenvalue weighted by Gasteiger charge is -2.30. The van der Waals surface area contributed by atoms with Crippen LogP contribution in [0.2, 0.25) is 0 Å². The van der Waals surface area contributed by atoms with E-state index in [1.807, 2.05) is 0 Å². The molecule has 0 N–H and O–H groups in total. The van der Waals surface area contributed by atoms with Crippen molar-refractivity contribution in [2.24, 2.45) is 0 Å². The molecule has 0 aromatic heterocycles. The molecule has 0 aliphatic rings. The summed E-state index contributed by atoms with van der Waals surface area (Å²) in [6.07, 6.45) is 18.5. The van der Waals surface area contributed by atoms with Gasteiger partial charge in [0.1, 0.15) is 0 Å². The maximum Gasteiger partial charge on any atom is 0.537 e. The van der Waals surface area contributed by atoms with E-state index in [2.05, 4.69) is 51.1 Å². The molecular weight excluding hydrogens is 400 g/mol. The fourth-order valence-corrected chi connectivity index (χ4v) is 6.34. The Morgan fingerprint density at radius 2 is 0.839 bits per heavy atom. The minimum absolute atomic E-state index is 0.733. The van der Waals surface area contributed by atoms with Gasteiger partial charge in [-0.2, -0.15) is 0 Å². The first-order valence-electron chi connectivity index (χ1n) is 13.3. The van der Waals surface area contributed by atoms with Gasteiger partial charge >= 0.3 is 8.80 Å². The Kier molecular flexibility index (Phi) is 18.3. The number of hydrogen-bond donors (Lipinski definition) is 0. The molecule has 4 heteroatoms. The molecule has 180 valence electrons. The molecule has 0 heterocycles. The molecule has 0 aliphatic carbocycles. The first-order valence-corrected chi connectivity index (χ1v) is 15.0. The summed E-state index contributed by atoms with van der Waals surface area (Å²) in [6.45, 7) is 8.97. The van der Waals surface area contributed by atoms with Crippen LogP contribution in [0, 0.1) is 0 Å². The van der Waals surface area contributed by atoms with Crippen LogP contribution >= 0.6 is 0 Å². The SMILES string of the molecule is CCCCCCCO[Si](OCCCCCCC)(OCCCCCCC)c1ccccc1. The summed E-state index contributed by atoms with van der Waals surface area (Å²) in [4.78, 5) is 0. The van der Waals surface area contributed by atoms with Gasteiger partial charge in [-0.15, -0.1) is 0 Å². The van der Waals surface area contributed by atoms with Gasteiger partial charge in [-0.25, -0.2) is 0 Å². The van der Waals surface area contributed by atoms with Crippen molar-refractivity contribution < 1.29 is 13.3 Å². The average Bonchev–Trinajstić information content (AvgIpc) is 2.80. The standard InChI is InChI=1S/C27H50O3Si/c1-4-7-10-13-19-24-28-31(27-22-17-16-18-23-27,29-25-20-14-11-8-5-2)30-26-21-15-12-9-6-3/h16-18,22-23H,4-15,19-21,24-26H2,1-3H3. The third kappa shape index (κ3) is 13.5. The van der Waals surface area contributed by atoms with E-state index in [1.54, 1.807) is 0 Å². The summed E-state index contributed by atoms with van der Waals surface area (Å²) in [6, 6.07) is 10.5. The largest absolute Gasteiger partial charge is 0.537 e. The van der Waals surface area contributed by atoms with Crippen molar-refractivity contribution in [2.45, 2.75) is 117 Å². The highest BCUT2D eigenvalue weighted by molar-refractivity contribution is 6.75. The van der Waals surface area contributed by atoms with Crippen LogP contribution in [0.5, 0.6) is 0 Å². The molecule has 1 rings (SSSR count). The third-order valence-corrected chi connectivity index (χ3v) is 8.54. The van der Waals surface area contributed by atoms with E-state index in [4.69, 9.17) is 13.3 Å². The van der Waals surface area contributed by atoms with Crippen molar-refractivity contribution in [2.75, 3.05) is 19.8 Å². The van der Waals surface area contributed by atoms with Crippen molar-refractivity contribution in [1.82, 2.24) is 0 Å². The summed E-state index contributed by atoms with van der Waals surface area (Å²) in [5, 5.41) is 1.12. The second-order valence-electron chi connectivity index (χ2n) is 8.71. The van der Waals surface area contributed by atoms with Crippen LogP contribution in [-0.4, -0.2) is 28.6 Å². The van der Waals surface area contributed by atoms with Gasteiger partial charge in [0.15, 0.2) is 0 Å². The van der Waals surface area contributed by atoms with Crippen LogP contribution in [0.25, 0.3) is 0 Å². The first kappa shape index (κ1) is 28.3. The van der Waals surface area contributed by atoms with Gasteiger partial charge < -0.3 is 13.3 Å². The molecule has 1 aromatic carbocycles. The lowest BCUT2D eigenvalue weighted by Crippen LogP contribution is -2.57. The van der Waals surface area contributed by atoms with Crippen LogP contribution in [0.4, 0.5) is 0 Å². The number of unbranched alkanes of at least 4 members (excludes halogenated alkanes) is 12. The van der Waals surface area contributed by atoms with Crippen LogP contribution in [-0.2, 0) is 13.3 Å². The molecule has 31 heavy (non-hydrogen) atoms. The fourth-order valence-electron chi connectivity index (χ4n) is 3.75. The molecule has 0 aliphatic heterocycles. The Bertz CT molecular complexity index is 454. The van der Waals surface area contributed by atoms with Gasteiger partial charge in [-0.05, 0) is 19.3 Å². The Hall–Kier alpha value is -0.683. The molecule has 0 spiro atoms. The maximum absolute atomic E-state index is 6.55. The Morgan fingerprint density at radius 3 is 1.19 bits per heavy atom. The summed E-state index contributed by atoms with van der Waals surface area (Å²) in [5.74, 6) is 0. The van der Waals surface area contributed by atoms with Gasteiger partial charge in [0.25, 0.3) is 0 Å². The molecule has 0 fully saturated rings. The third-order valence-electron chi connectivity index (χ3n) is 5.75. The fraction of sp³-hybridized carbons (Fsp3) is 0.778. The van der Waals surface area contributed by atoms with E-state index in [0.29, 0.717) is 0 Å². The van der Waals surface area contributed by atoms with E-state index in [9.17, 15) is 0 Å². The van der Waals surface area contributed by atoms with Gasteiger partial charge in [0.2, 0.25) is 0 Å². The van der Waals surface area contributed by atoms with E-state index >= 15 is 0 Å². The molecule has 0 atom stereocenters. The zero-order valence-corrected chi connectivity index (χ0v) is 21.8. The van der Waals surface area contributed by atoms with Gasteiger partial charge in [0.05, 0.1) is 0 Å². The van der Waals surface area contributed by atoms with E-state index in [-0.39, 0.29) is 0 Å². The molecule has 0 saturated heterocycles. The molecule has 3 nitrogen and oxygen atoms in total.